The van der Waals surface area contributed by atoms with E-state index in [0.717, 1.165) is 17.0 Å². The topological polar surface area (TPSA) is 78.3 Å². The number of nitrogens with zero attached hydrogens (tertiary/aromatic N) is 3. The predicted octanol–water partition coefficient (Wildman–Crippen LogP) is 2.53. The van der Waals surface area contributed by atoms with E-state index in [1.54, 1.807) is 24.3 Å². The number of amides is 1. The molecule has 3 aromatic rings. The van der Waals surface area contributed by atoms with Crippen molar-refractivity contribution >= 4 is 22.6 Å². The van der Waals surface area contributed by atoms with E-state index in [0.29, 0.717) is 11.4 Å². The van der Waals surface area contributed by atoms with Gasteiger partial charge in [0, 0.05) is 5.69 Å². The summed E-state index contributed by atoms with van der Waals surface area (Å²) in [6.07, 6.45) is -4.50. The predicted molar refractivity (Wildman–Crippen MR) is 85.6 cm³/mol. The number of hydrogen-bond acceptors (Lipinski definition) is 5. The Morgan fingerprint density at radius 2 is 1.92 bits per heavy atom. The van der Waals surface area contributed by atoms with Crippen molar-refractivity contribution in [2.75, 3.05) is 19.0 Å². The number of benzene rings is 2. The zero-order valence-corrected chi connectivity index (χ0v) is 13.4. The number of hydrogen-bond donors (Lipinski definition) is 1. The fourth-order valence-corrected chi connectivity index (χ4v) is 2.16. The average molecular weight is 366 g/mol. The molecule has 1 amide bonds. The summed E-state index contributed by atoms with van der Waals surface area (Å²) in [4.78, 5) is 17.9. The lowest BCUT2D eigenvalue weighted by molar-refractivity contribution is -0.137. The van der Waals surface area contributed by atoms with Crippen LogP contribution in [0, 0.1) is 0 Å². The Balaban J connectivity index is 1.67. The summed E-state index contributed by atoms with van der Waals surface area (Å²) in [6, 6.07) is 9.55. The van der Waals surface area contributed by atoms with Crippen LogP contribution in [0.25, 0.3) is 11.0 Å². The van der Waals surface area contributed by atoms with Gasteiger partial charge in [-0.1, -0.05) is 4.85 Å². The highest BCUT2D eigenvalue weighted by molar-refractivity contribution is 5.91. The molecule has 0 atom stereocenters. The first-order valence-corrected chi connectivity index (χ1v) is 7.36. The van der Waals surface area contributed by atoms with Crippen molar-refractivity contribution in [3.63, 3.8) is 0 Å². The van der Waals surface area contributed by atoms with Gasteiger partial charge in [0.15, 0.2) is 6.61 Å². The van der Waals surface area contributed by atoms with Crippen LogP contribution in [0.5, 0.6) is 5.75 Å². The molecule has 0 saturated carbocycles. The van der Waals surface area contributed by atoms with Gasteiger partial charge in [-0.25, -0.2) is 0 Å². The van der Waals surface area contributed by atoms with Crippen LogP contribution < -0.4 is 14.9 Å². The second kappa shape index (κ2) is 6.90. The highest BCUT2D eigenvalue weighted by Gasteiger charge is 2.31. The van der Waals surface area contributed by atoms with Crippen LogP contribution in [0.1, 0.15) is 5.56 Å². The molecule has 0 bridgehead atoms. The molecule has 0 saturated heterocycles. The van der Waals surface area contributed by atoms with Crippen molar-refractivity contribution in [2.24, 2.45) is 0 Å². The van der Waals surface area contributed by atoms with Crippen molar-refractivity contribution in [1.82, 2.24) is 15.2 Å². The maximum Gasteiger partial charge on any atom is 0.416 e. The van der Waals surface area contributed by atoms with E-state index in [-0.39, 0.29) is 11.0 Å². The monoisotopic (exact) mass is 366 g/mol. The molecule has 0 aliphatic rings. The fourth-order valence-electron chi connectivity index (χ4n) is 2.16. The van der Waals surface area contributed by atoms with Gasteiger partial charge in [-0.05, 0) is 47.7 Å². The number of ether oxygens (including phenoxy) is 1. The van der Waals surface area contributed by atoms with E-state index in [1.807, 2.05) is 0 Å². The number of methoxy groups -OCH3 is 1. The highest BCUT2D eigenvalue weighted by atomic mass is 19.4. The molecule has 1 aromatic heterocycles. The lowest BCUT2D eigenvalue weighted by atomic mass is 10.2. The number of nitrogens with one attached hydrogen (secondary N) is 1. The third-order valence-corrected chi connectivity index (χ3v) is 3.43. The van der Waals surface area contributed by atoms with Gasteiger partial charge in [0.25, 0.3) is 5.91 Å². The van der Waals surface area contributed by atoms with Crippen molar-refractivity contribution in [3.8, 4) is 5.75 Å². The van der Waals surface area contributed by atoms with Gasteiger partial charge < -0.3 is 14.9 Å². The van der Waals surface area contributed by atoms with Gasteiger partial charge in [-0.3, -0.25) is 4.79 Å². The molecule has 26 heavy (non-hydrogen) atoms. The Morgan fingerprint density at radius 3 is 2.58 bits per heavy atom. The minimum Gasteiger partial charge on any atom is -0.497 e. The molecule has 0 aliphatic carbocycles. The summed E-state index contributed by atoms with van der Waals surface area (Å²) in [6.45, 7) is -0.458. The molecule has 7 nitrogen and oxygen atoms in total. The second-order valence-electron chi connectivity index (χ2n) is 5.21. The summed E-state index contributed by atoms with van der Waals surface area (Å²) in [5.41, 5.74) is -0.118. The number of carbonyl (C=O) groups excluding carboxylic acids is 1. The Morgan fingerprint density at radius 1 is 1.19 bits per heavy atom. The van der Waals surface area contributed by atoms with E-state index >= 15 is 0 Å². The molecule has 0 unspecified atom stereocenters. The maximum absolute atomic E-state index is 12.8. The Kier molecular flexibility index (Phi) is 4.65. The SMILES string of the molecule is COc1ccc(NC(=O)COn2nnc3ccc(C(F)(F)F)cc32)cc1. The lowest BCUT2D eigenvalue weighted by Crippen LogP contribution is -2.26. The fraction of sp³-hybridized carbons (Fsp3) is 0.188. The first-order valence-electron chi connectivity index (χ1n) is 7.36. The minimum atomic E-state index is -4.50. The number of anilines is 1. The van der Waals surface area contributed by atoms with Gasteiger partial charge in [0.05, 0.1) is 12.7 Å². The molecular formula is C16H13F3N4O3. The molecule has 3 rings (SSSR count). The van der Waals surface area contributed by atoms with Gasteiger partial charge >= 0.3 is 6.18 Å². The van der Waals surface area contributed by atoms with Crippen LogP contribution >= 0.6 is 0 Å². The van der Waals surface area contributed by atoms with E-state index < -0.39 is 24.3 Å². The van der Waals surface area contributed by atoms with Crippen LogP contribution in [0.15, 0.2) is 42.5 Å². The number of rotatable bonds is 5. The first kappa shape index (κ1) is 17.5. The Hall–Kier alpha value is -3.30. The zero-order chi connectivity index (χ0) is 18.7. The Bertz CT molecular complexity index is 923. The van der Waals surface area contributed by atoms with Crippen LogP contribution in [-0.2, 0) is 11.0 Å². The number of aromatic nitrogens is 3. The number of alkyl halides is 3. The lowest BCUT2D eigenvalue weighted by Gasteiger charge is -2.09. The quantitative estimate of drug-likeness (QED) is 0.751. The summed E-state index contributed by atoms with van der Waals surface area (Å²) in [5, 5.41) is 9.88. The first-order chi connectivity index (χ1) is 12.4. The number of halogens is 3. The van der Waals surface area contributed by atoms with Crippen LogP contribution in [0.4, 0.5) is 18.9 Å². The summed E-state index contributed by atoms with van der Waals surface area (Å²) in [7, 11) is 1.52. The second-order valence-corrected chi connectivity index (χ2v) is 5.21. The van der Waals surface area contributed by atoms with Crippen molar-refractivity contribution in [3.05, 3.63) is 48.0 Å². The maximum atomic E-state index is 12.8. The average Bonchev–Trinajstić information content (AvgIpc) is 3.02. The summed E-state index contributed by atoms with van der Waals surface area (Å²) < 4.78 is 43.4. The Labute approximate surface area is 145 Å². The molecule has 10 heteroatoms. The molecule has 0 spiro atoms. The smallest absolute Gasteiger partial charge is 0.416 e. The van der Waals surface area contributed by atoms with Crippen LogP contribution in [0.2, 0.25) is 0 Å². The van der Waals surface area contributed by atoms with Gasteiger partial charge in [-0.15, -0.1) is 5.10 Å². The third kappa shape index (κ3) is 3.85. The summed E-state index contributed by atoms with van der Waals surface area (Å²) >= 11 is 0. The molecule has 1 heterocycles. The molecule has 136 valence electrons. The van der Waals surface area contributed by atoms with Crippen LogP contribution in [0.3, 0.4) is 0 Å². The standard InChI is InChI=1S/C16H13F3N4O3/c1-25-12-5-3-11(4-6-12)20-15(24)9-26-23-14-8-10(16(17,18)19)2-7-13(14)21-22-23/h2-8H,9H2,1H3,(H,20,24). The molecule has 2 aromatic carbocycles. The normalized spacial score (nSPS) is 11.4. The molecular weight excluding hydrogens is 353 g/mol. The highest BCUT2D eigenvalue weighted by Crippen LogP contribution is 2.30. The minimum absolute atomic E-state index is 0.0112. The molecule has 0 radical (unpaired) electrons. The van der Waals surface area contributed by atoms with E-state index in [1.165, 1.54) is 13.2 Å². The number of fused-ring (bicyclic) bond motifs is 1. The molecule has 0 aliphatic heterocycles. The van der Waals surface area contributed by atoms with Crippen molar-refractivity contribution < 1.29 is 27.5 Å². The van der Waals surface area contributed by atoms with E-state index in [9.17, 15) is 18.0 Å². The van der Waals surface area contributed by atoms with Crippen LogP contribution in [-0.4, -0.2) is 34.8 Å². The zero-order valence-electron chi connectivity index (χ0n) is 13.4. The van der Waals surface area contributed by atoms with Crippen molar-refractivity contribution in [2.45, 2.75) is 6.18 Å². The third-order valence-electron chi connectivity index (χ3n) is 3.43. The largest absolute Gasteiger partial charge is 0.497 e. The van der Waals surface area contributed by atoms with Gasteiger partial charge in [0.1, 0.15) is 16.8 Å². The van der Waals surface area contributed by atoms with Gasteiger partial charge in [0.2, 0.25) is 0 Å². The number of carbonyl (C=O) groups is 1. The molecule has 1 N–H and O–H groups in total. The molecule has 0 fully saturated rings. The van der Waals surface area contributed by atoms with E-state index in [4.69, 9.17) is 9.57 Å². The van der Waals surface area contributed by atoms with Gasteiger partial charge in [-0.2, -0.15) is 13.2 Å². The summed E-state index contributed by atoms with van der Waals surface area (Å²) in [5.74, 6) is 0.125. The van der Waals surface area contributed by atoms with Crippen molar-refractivity contribution in [1.29, 1.82) is 0 Å². The van der Waals surface area contributed by atoms with E-state index in [2.05, 4.69) is 15.6 Å².